The van der Waals surface area contributed by atoms with Crippen molar-refractivity contribution in [3.63, 3.8) is 0 Å². The maximum atomic E-state index is 12.5. The number of carbonyl (C=O) groups is 2. The molecule has 1 atom stereocenters. The summed E-state index contributed by atoms with van der Waals surface area (Å²) in [6.45, 7) is 3.44. The highest BCUT2D eigenvalue weighted by Gasteiger charge is 2.26. The van der Waals surface area contributed by atoms with Crippen molar-refractivity contribution in [2.24, 2.45) is 0 Å². The van der Waals surface area contributed by atoms with E-state index in [4.69, 9.17) is 4.74 Å². The van der Waals surface area contributed by atoms with Crippen LogP contribution in [0.25, 0.3) is 0 Å². The molecule has 1 aromatic heterocycles. The molecule has 1 unspecified atom stereocenters. The van der Waals surface area contributed by atoms with Gasteiger partial charge >= 0.3 is 0 Å². The fourth-order valence-electron chi connectivity index (χ4n) is 2.96. The summed E-state index contributed by atoms with van der Waals surface area (Å²) in [7, 11) is 0. The second-order valence-corrected chi connectivity index (χ2v) is 7.26. The van der Waals surface area contributed by atoms with Crippen LogP contribution < -0.4 is 10.1 Å². The zero-order valence-electron chi connectivity index (χ0n) is 14.8. The molecule has 0 radical (unpaired) electrons. The number of likely N-dealkylation sites (tertiary alicyclic amines) is 1. The number of amides is 2. The van der Waals surface area contributed by atoms with Crippen molar-refractivity contribution in [2.45, 2.75) is 32.2 Å². The second-order valence-electron chi connectivity index (χ2n) is 6.37. The first kappa shape index (κ1) is 18.4. The maximum Gasteiger partial charge on any atom is 0.260 e. The molecule has 1 saturated heterocycles. The van der Waals surface area contributed by atoms with Gasteiger partial charge in [-0.05, 0) is 25.0 Å². The Morgan fingerprint density at radius 3 is 2.92 bits per heavy atom. The molecule has 138 valence electrons. The number of ether oxygens (including phenoxy) is 1. The van der Waals surface area contributed by atoms with Crippen LogP contribution >= 0.6 is 11.3 Å². The minimum atomic E-state index is -0.0626. The maximum absolute atomic E-state index is 12.5. The highest BCUT2D eigenvalue weighted by Crippen LogP contribution is 2.29. The molecule has 6 nitrogen and oxygen atoms in total. The van der Waals surface area contributed by atoms with E-state index in [-0.39, 0.29) is 24.3 Å². The lowest BCUT2D eigenvalue weighted by Crippen LogP contribution is -2.41. The molecule has 2 aromatic rings. The molecule has 26 heavy (non-hydrogen) atoms. The van der Waals surface area contributed by atoms with Crippen molar-refractivity contribution in [3.05, 3.63) is 46.4 Å². The fourth-order valence-corrected chi connectivity index (χ4v) is 3.91. The minimum absolute atomic E-state index is 0.00794. The number of para-hydroxylation sites is 1. The van der Waals surface area contributed by atoms with Crippen molar-refractivity contribution < 1.29 is 14.3 Å². The number of rotatable bonds is 6. The van der Waals surface area contributed by atoms with Gasteiger partial charge in [-0.1, -0.05) is 18.2 Å². The van der Waals surface area contributed by atoms with E-state index in [1.54, 1.807) is 11.3 Å². The number of hydrogen-bond donors (Lipinski definition) is 1. The Balaban J connectivity index is 1.53. The summed E-state index contributed by atoms with van der Waals surface area (Å²) in [5, 5.41) is 5.77. The van der Waals surface area contributed by atoms with Crippen LogP contribution in [0.2, 0.25) is 0 Å². The first-order chi connectivity index (χ1) is 12.6. The highest BCUT2D eigenvalue weighted by atomic mass is 32.1. The van der Waals surface area contributed by atoms with Gasteiger partial charge in [-0.25, -0.2) is 4.98 Å². The molecular weight excluding hydrogens is 350 g/mol. The van der Waals surface area contributed by atoms with Crippen LogP contribution in [0.3, 0.4) is 0 Å². The average Bonchev–Trinajstić information content (AvgIpc) is 3.14. The quantitative estimate of drug-likeness (QED) is 0.845. The SMILES string of the molecule is CC(=O)NCc1csc(C2CCCN(C(=O)COc3ccccc3)C2)n1. The van der Waals surface area contributed by atoms with Crippen molar-refractivity contribution in [3.8, 4) is 5.75 Å². The van der Waals surface area contributed by atoms with E-state index in [1.165, 1.54) is 6.92 Å². The number of hydrogen-bond acceptors (Lipinski definition) is 5. The van der Waals surface area contributed by atoms with E-state index in [2.05, 4.69) is 10.3 Å². The first-order valence-electron chi connectivity index (χ1n) is 8.76. The van der Waals surface area contributed by atoms with Crippen LogP contribution in [-0.2, 0) is 16.1 Å². The van der Waals surface area contributed by atoms with Gasteiger partial charge in [0, 0.05) is 31.3 Å². The summed E-state index contributed by atoms with van der Waals surface area (Å²) < 4.78 is 5.58. The lowest BCUT2D eigenvalue weighted by molar-refractivity contribution is -0.134. The molecule has 1 aromatic carbocycles. The van der Waals surface area contributed by atoms with Gasteiger partial charge in [0.05, 0.1) is 17.2 Å². The van der Waals surface area contributed by atoms with Gasteiger partial charge in [-0.15, -0.1) is 11.3 Å². The Hall–Kier alpha value is -2.41. The Kier molecular flexibility index (Phi) is 6.22. The Bertz CT molecular complexity index is 747. The van der Waals surface area contributed by atoms with Gasteiger partial charge in [0.25, 0.3) is 5.91 Å². The summed E-state index contributed by atoms with van der Waals surface area (Å²) >= 11 is 1.60. The molecular formula is C19H23N3O3S. The van der Waals surface area contributed by atoms with Gasteiger partial charge in [-0.3, -0.25) is 9.59 Å². The standard InChI is InChI=1S/C19H23N3O3S/c1-14(23)20-10-16-13-26-19(21-16)15-6-5-9-22(11-15)18(24)12-25-17-7-3-2-4-8-17/h2-4,7-8,13,15H,5-6,9-12H2,1H3,(H,20,23). The number of thiazole rings is 1. The molecule has 3 rings (SSSR count). The van der Waals surface area contributed by atoms with Gasteiger partial charge in [0.15, 0.2) is 6.61 Å². The monoisotopic (exact) mass is 373 g/mol. The molecule has 0 spiro atoms. The molecule has 2 heterocycles. The lowest BCUT2D eigenvalue weighted by atomic mass is 9.98. The van der Waals surface area contributed by atoms with Gasteiger partial charge in [0.2, 0.25) is 5.91 Å². The second kappa shape index (κ2) is 8.80. The Morgan fingerprint density at radius 2 is 2.15 bits per heavy atom. The molecule has 7 heteroatoms. The third-order valence-electron chi connectivity index (χ3n) is 4.32. The van der Waals surface area contributed by atoms with Gasteiger partial charge < -0.3 is 15.0 Å². The molecule has 1 fully saturated rings. The number of nitrogens with zero attached hydrogens (tertiary/aromatic N) is 2. The number of piperidine rings is 1. The van der Waals surface area contributed by atoms with Gasteiger partial charge in [-0.2, -0.15) is 0 Å². The number of aromatic nitrogens is 1. The van der Waals surface area contributed by atoms with E-state index in [9.17, 15) is 9.59 Å². The fraction of sp³-hybridized carbons (Fsp3) is 0.421. The third kappa shape index (κ3) is 5.05. The van der Waals surface area contributed by atoms with Crippen LogP contribution in [0.1, 0.15) is 36.4 Å². The van der Waals surface area contributed by atoms with Crippen molar-refractivity contribution >= 4 is 23.2 Å². The predicted octanol–water partition coefficient (Wildman–Crippen LogP) is 2.56. The van der Waals surface area contributed by atoms with Gasteiger partial charge in [0.1, 0.15) is 5.75 Å². The first-order valence-corrected chi connectivity index (χ1v) is 9.64. The van der Waals surface area contributed by atoms with Crippen LogP contribution in [-0.4, -0.2) is 41.4 Å². The lowest BCUT2D eigenvalue weighted by Gasteiger charge is -2.31. The molecule has 0 bridgehead atoms. The average molecular weight is 373 g/mol. The van der Waals surface area contributed by atoms with Crippen molar-refractivity contribution in [1.82, 2.24) is 15.2 Å². The Labute approximate surface area is 157 Å². The minimum Gasteiger partial charge on any atom is -0.484 e. The van der Waals surface area contributed by atoms with Crippen LogP contribution in [0, 0.1) is 0 Å². The predicted molar refractivity (Wildman–Crippen MR) is 100 cm³/mol. The molecule has 0 aliphatic carbocycles. The summed E-state index contributed by atoms with van der Waals surface area (Å²) in [6, 6.07) is 9.38. The Morgan fingerprint density at radius 1 is 1.35 bits per heavy atom. The van der Waals surface area contributed by atoms with Crippen molar-refractivity contribution in [2.75, 3.05) is 19.7 Å². The van der Waals surface area contributed by atoms with E-state index in [0.717, 1.165) is 30.1 Å². The summed E-state index contributed by atoms with van der Waals surface area (Å²) in [5.41, 5.74) is 0.871. The summed E-state index contributed by atoms with van der Waals surface area (Å²) in [5.74, 6) is 0.901. The number of carbonyl (C=O) groups excluding carboxylic acids is 2. The zero-order chi connectivity index (χ0) is 18.4. The van der Waals surface area contributed by atoms with Crippen molar-refractivity contribution in [1.29, 1.82) is 0 Å². The van der Waals surface area contributed by atoms with E-state index in [1.807, 2.05) is 40.6 Å². The summed E-state index contributed by atoms with van der Waals surface area (Å²) in [4.78, 5) is 30.0. The topological polar surface area (TPSA) is 71.5 Å². The van der Waals surface area contributed by atoms with E-state index >= 15 is 0 Å². The third-order valence-corrected chi connectivity index (χ3v) is 5.37. The molecule has 1 aliphatic rings. The molecule has 2 amide bonds. The molecule has 0 saturated carbocycles. The summed E-state index contributed by atoms with van der Waals surface area (Å²) in [6.07, 6.45) is 1.98. The normalized spacial score (nSPS) is 17.0. The van der Waals surface area contributed by atoms with Crippen LogP contribution in [0.4, 0.5) is 0 Å². The van der Waals surface area contributed by atoms with Crippen LogP contribution in [0.15, 0.2) is 35.7 Å². The zero-order valence-corrected chi connectivity index (χ0v) is 15.6. The highest BCUT2D eigenvalue weighted by molar-refractivity contribution is 7.09. The van der Waals surface area contributed by atoms with E-state index in [0.29, 0.717) is 18.8 Å². The smallest absolute Gasteiger partial charge is 0.260 e. The van der Waals surface area contributed by atoms with E-state index < -0.39 is 0 Å². The van der Waals surface area contributed by atoms with Crippen LogP contribution in [0.5, 0.6) is 5.75 Å². The molecule has 1 aliphatic heterocycles. The number of nitrogens with one attached hydrogen (secondary N) is 1. The molecule has 1 N–H and O–H groups in total. The number of benzene rings is 1. The largest absolute Gasteiger partial charge is 0.484 e.